The molecule has 0 aliphatic rings. The molecule has 2 heterocycles. The second-order valence-electron chi connectivity index (χ2n) is 4.55. The van der Waals surface area contributed by atoms with Crippen molar-refractivity contribution in [2.24, 2.45) is 0 Å². The van der Waals surface area contributed by atoms with Crippen molar-refractivity contribution in [1.29, 1.82) is 0 Å². The van der Waals surface area contributed by atoms with E-state index in [-0.39, 0.29) is 0 Å². The Morgan fingerprint density at radius 3 is 2.71 bits per heavy atom. The van der Waals surface area contributed by atoms with Gasteiger partial charge in [0.15, 0.2) is 0 Å². The van der Waals surface area contributed by atoms with Crippen LogP contribution in [-0.2, 0) is 6.54 Å². The molecule has 0 aliphatic heterocycles. The van der Waals surface area contributed by atoms with Crippen LogP contribution in [-0.4, -0.2) is 12.1 Å². The first-order valence-corrected chi connectivity index (χ1v) is 7.55. The summed E-state index contributed by atoms with van der Waals surface area (Å²) < 4.78 is 5.24. The molecule has 0 aliphatic carbocycles. The molecule has 21 heavy (non-hydrogen) atoms. The third kappa shape index (κ3) is 3.23. The lowest BCUT2D eigenvalue weighted by atomic mass is 10.2. The molecule has 0 saturated carbocycles. The Kier molecular flexibility index (Phi) is 4.17. The minimum atomic E-state index is 0.623. The highest BCUT2D eigenvalue weighted by Crippen LogP contribution is 2.29. The van der Waals surface area contributed by atoms with Crippen molar-refractivity contribution < 1.29 is 4.74 Å². The molecule has 0 radical (unpaired) electrons. The summed E-state index contributed by atoms with van der Waals surface area (Å²) in [4.78, 5) is 6.74. The Hall–Kier alpha value is -2.33. The fraction of sp³-hybridized carbons (Fsp3) is 0.118. The van der Waals surface area contributed by atoms with E-state index in [2.05, 4.69) is 46.7 Å². The predicted molar refractivity (Wildman–Crippen MR) is 87.9 cm³/mol. The van der Waals surface area contributed by atoms with E-state index in [1.54, 1.807) is 24.6 Å². The highest BCUT2D eigenvalue weighted by molar-refractivity contribution is 7.15. The van der Waals surface area contributed by atoms with Crippen molar-refractivity contribution in [3.8, 4) is 16.3 Å². The van der Waals surface area contributed by atoms with Gasteiger partial charge in [-0.15, -0.1) is 11.3 Å². The summed E-state index contributed by atoms with van der Waals surface area (Å²) in [6.07, 6.45) is 1.72. The fourth-order valence-electron chi connectivity index (χ4n) is 2.10. The summed E-state index contributed by atoms with van der Waals surface area (Å²) in [5.41, 5.74) is 2.17. The van der Waals surface area contributed by atoms with Gasteiger partial charge in [0, 0.05) is 22.5 Å². The Morgan fingerprint density at radius 1 is 1.05 bits per heavy atom. The first kappa shape index (κ1) is 13.6. The van der Waals surface area contributed by atoms with Crippen molar-refractivity contribution in [3.63, 3.8) is 0 Å². The highest BCUT2D eigenvalue weighted by Gasteiger charge is 2.05. The Labute approximate surface area is 128 Å². The lowest BCUT2D eigenvalue weighted by molar-refractivity contribution is 0.399. The van der Waals surface area contributed by atoms with E-state index in [1.165, 1.54) is 15.3 Å². The number of methoxy groups -OCH3 is 1. The second kappa shape index (κ2) is 6.41. The largest absolute Gasteiger partial charge is 0.480 e. The van der Waals surface area contributed by atoms with Crippen molar-refractivity contribution in [1.82, 2.24) is 4.98 Å². The molecule has 2 aromatic heterocycles. The summed E-state index contributed by atoms with van der Waals surface area (Å²) in [6.45, 7) is 0.763. The Balaban J connectivity index is 1.71. The first-order valence-electron chi connectivity index (χ1n) is 6.74. The lowest BCUT2D eigenvalue weighted by Crippen LogP contribution is -2.00. The smallest absolute Gasteiger partial charge is 0.237 e. The number of aromatic nitrogens is 1. The third-order valence-corrected chi connectivity index (χ3v) is 4.27. The number of nitrogens with zero attached hydrogens (tertiary/aromatic N) is 1. The van der Waals surface area contributed by atoms with E-state index in [0.717, 1.165) is 12.2 Å². The number of ether oxygens (including phenoxy) is 1. The molecule has 0 atom stereocenters. The van der Waals surface area contributed by atoms with Gasteiger partial charge < -0.3 is 10.1 Å². The number of hydrogen-bond donors (Lipinski definition) is 1. The van der Waals surface area contributed by atoms with Crippen LogP contribution in [0.1, 0.15) is 4.88 Å². The normalized spacial score (nSPS) is 10.3. The standard InChI is InChI=1S/C17H16N2OS/c1-20-17-15(8-5-11-18-17)19-12-14-9-10-16(21-14)13-6-3-2-4-7-13/h2-11,19H,12H2,1H3. The lowest BCUT2D eigenvalue weighted by Gasteiger charge is -2.08. The molecule has 106 valence electrons. The minimum absolute atomic E-state index is 0.623. The van der Waals surface area contributed by atoms with Gasteiger partial charge in [-0.2, -0.15) is 0 Å². The number of anilines is 1. The topological polar surface area (TPSA) is 34.1 Å². The van der Waals surface area contributed by atoms with Gasteiger partial charge in [-0.25, -0.2) is 4.98 Å². The number of pyridine rings is 1. The molecule has 3 nitrogen and oxygen atoms in total. The van der Waals surface area contributed by atoms with Crippen LogP contribution in [0.4, 0.5) is 5.69 Å². The number of rotatable bonds is 5. The van der Waals surface area contributed by atoms with E-state index in [9.17, 15) is 0 Å². The quantitative estimate of drug-likeness (QED) is 0.756. The number of thiophene rings is 1. The van der Waals surface area contributed by atoms with Crippen molar-refractivity contribution in [2.75, 3.05) is 12.4 Å². The van der Waals surface area contributed by atoms with Crippen molar-refractivity contribution in [3.05, 3.63) is 65.7 Å². The van der Waals surface area contributed by atoms with Crippen LogP contribution in [0.5, 0.6) is 5.88 Å². The fourth-order valence-corrected chi connectivity index (χ4v) is 3.05. The maximum absolute atomic E-state index is 5.24. The molecule has 0 amide bonds. The maximum Gasteiger partial charge on any atom is 0.237 e. The summed E-state index contributed by atoms with van der Waals surface area (Å²) >= 11 is 1.79. The third-order valence-electron chi connectivity index (χ3n) is 3.14. The van der Waals surface area contributed by atoms with Gasteiger partial charge in [-0.3, -0.25) is 0 Å². The first-order chi connectivity index (χ1) is 10.4. The van der Waals surface area contributed by atoms with Crippen molar-refractivity contribution in [2.45, 2.75) is 6.54 Å². The van der Waals surface area contributed by atoms with Gasteiger partial charge in [0.25, 0.3) is 0 Å². The molecule has 3 rings (SSSR count). The molecule has 0 saturated heterocycles. The second-order valence-corrected chi connectivity index (χ2v) is 5.71. The van der Waals surface area contributed by atoms with E-state index < -0.39 is 0 Å². The molecular weight excluding hydrogens is 280 g/mol. The molecule has 0 unspecified atom stereocenters. The van der Waals surface area contributed by atoms with Crippen LogP contribution in [0.25, 0.3) is 10.4 Å². The summed E-state index contributed by atoms with van der Waals surface area (Å²) in [5, 5.41) is 3.37. The van der Waals surface area contributed by atoms with Crippen molar-refractivity contribution >= 4 is 17.0 Å². The zero-order valence-electron chi connectivity index (χ0n) is 11.7. The van der Waals surface area contributed by atoms with Crippen LogP contribution in [0.2, 0.25) is 0 Å². The molecule has 0 fully saturated rings. The van der Waals surface area contributed by atoms with Gasteiger partial charge in [0.2, 0.25) is 5.88 Å². The molecular formula is C17H16N2OS. The van der Waals surface area contributed by atoms with Gasteiger partial charge in [0.05, 0.1) is 12.8 Å². The van der Waals surface area contributed by atoms with Gasteiger partial charge >= 0.3 is 0 Å². The average molecular weight is 296 g/mol. The Bertz CT molecular complexity index is 710. The number of nitrogens with one attached hydrogen (secondary N) is 1. The minimum Gasteiger partial charge on any atom is -0.480 e. The molecule has 0 spiro atoms. The summed E-state index contributed by atoms with van der Waals surface area (Å²) in [7, 11) is 1.63. The van der Waals surface area contributed by atoms with Crippen LogP contribution in [0.15, 0.2) is 60.8 Å². The summed E-state index contributed by atoms with van der Waals surface area (Å²) in [6, 6.07) is 18.6. The molecule has 3 aromatic rings. The number of hydrogen-bond acceptors (Lipinski definition) is 4. The maximum atomic E-state index is 5.24. The van der Waals surface area contributed by atoms with Crippen LogP contribution in [0.3, 0.4) is 0 Å². The molecule has 4 heteroatoms. The van der Waals surface area contributed by atoms with E-state index in [1.807, 2.05) is 18.2 Å². The average Bonchev–Trinajstić information content (AvgIpc) is 3.03. The summed E-state index contributed by atoms with van der Waals surface area (Å²) in [5.74, 6) is 0.623. The SMILES string of the molecule is COc1ncccc1NCc1ccc(-c2ccccc2)s1. The monoisotopic (exact) mass is 296 g/mol. The zero-order chi connectivity index (χ0) is 14.5. The van der Waals surface area contributed by atoms with Crippen LogP contribution >= 0.6 is 11.3 Å². The molecule has 0 bridgehead atoms. The van der Waals surface area contributed by atoms with Crippen LogP contribution < -0.4 is 10.1 Å². The highest BCUT2D eigenvalue weighted by atomic mass is 32.1. The van der Waals surface area contributed by atoms with Crippen LogP contribution in [0, 0.1) is 0 Å². The van der Waals surface area contributed by atoms with E-state index in [0.29, 0.717) is 5.88 Å². The molecule has 1 aromatic carbocycles. The predicted octanol–water partition coefficient (Wildman–Crippen LogP) is 4.43. The van der Waals surface area contributed by atoms with Gasteiger partial charge in [0.1, 0.15) is 0 Å². The zero-order valence-corrected chi connectivity index (χ0v) is 12.6. The molecule has 1 N–H and O–H groups in total. The Morgan fingerprint density at radius 2 is 1.90 bits per heavy atom. The number of benzene rings is 1. The van der Waals surface area contributed by atoms with Gasteiger partial charge in [-0.05, 0) is 29.8 Å². The van der Waals surface area contributed by atoms with Gasteiger partial charge in [-0.1, -0.05) is 30.3 Å². The van der Waals surface area contributed by atoms with E-state index in [4.69, 9.17) is 4.74 Å². The van der Waals surface area contributed by atoms with E-state index >= 15 is 0 Å².